The Hall–Kier alpha value is -0.800. The molecule has 0 aliphatic rings. The molecule has 0 radical (unpaired) electrons. The topological polar surface area (TPSA) is 45.0 Å². The molecule has 0 spiro atoms. The van der Waals surface area contributed by atoms with Crippen molar-refractivity contribution in [3.05, 3.63) is 23.5 Å². The molecule has 3 N–H and O–H groups in total. The molecule has 1 aromatic rings. The molecule has 0 atom stereocenters. The lowest BCUT2D eigenvalue weighted by molar-refractivity contribution is 0.296. The fraction of sp³-hybridized carbons (Fsp3) is 0.636. The van der Waals surface area contributed by atoms with Crippen LogP contribution < -0.4 is 5.73 Å². The number of aromatic nitrogens is 1. The molecule has 0 unspecified atom stereocenters. The summed E-state index contributed by atoms with van der Waals surface area (Å²) in [6, 6.07) is 2.21. The van der Waals surface area contributed by atoms with Crippen LogP contribution in [0.1, 0.15) is 25.1 Å². The van der Waals surface area contributed by atoms with Gasteiger partial charge in [-0.05, 0) is 37.7 Å². The molecule has 1 heterocycles. The third-order valence-corrected chi connectivity index (χ3v) is 2.52. The summed E-state index contributed by atoms with van der Waals surface area (Å²) < 4.78 is 0. The predicted octanol–water partition coefficient (Wildman–Crippen LogP) is 1.36. The van der Waals surface area contributed by atoms with E-state index in [1.165, 1.54) is 11.3 Å². The van der Waals surface area contributed by atoms with Crippen LogP contribution in [0.4, 0.5) is 0 Å². The molecule has 0 saturated carbocycles. The van der Waals surface area contributed by atoms with Gasteiger partial charge in [0.1, 0.15) is 0 Å². The maximum Gasteiger partial charge on any atom is 0.0248 e. The first kappa shape index (κ1) is 11.3. The summed E-state index contributed by atoms with van der Waals surface area (Å²) in [5.74, 6) is 0. The van der Waals surface area contributed by atoms with Gasteiger partial charge < -0.3 is 10.7 Å². The van der Waals surface area contributed by atoms with Crippen LogP contribution in [0.25, 0.3) is 0 Å². The van der Waals surface area contributed by atoms with Crippen molar-refractivity contribution in [3.8, 4) is 0 Å². The number of aromatic amines is 1. The van der Waals surface area contributed by atoms with Crippen LogP contribution in [-0.2, 0) is 13.0 Å². The van der Waals surface area contributed by atoms with Crippen molar-refractivity contribution in [2.45, 2.75) is 26.8 Å². The fourth-order valence-corrected chi connectivity index (χ4v) is 1.59. The van der Waals surface area contributed by atoms with Crippen molar-refractivity contribution in [1.29, 1.82) is 0 Å². The van der Waals surface area contributed by atoms with Gasteiger partial charge in [0.2, 0.25) is 0 Å². The van der Waals surface area contributed by atoms with Crippen molar-refractivity contribution in [2.75, 3.05) is 19.6 Å². The molecule has 0 aliphatic carbocycles. The lowest BCUT2D eigenvalue weighted by Gasteiger charge is -2.16. The van der Waals surface area contributed by atoms with Crippen LogP contribution in [0.5, 0.6) is 0 Å². The summed E-state index contributed by atoms with van der Waals surface area (Å²) in [5, 5.41) is 0. The minimum absolute atomic E-state index is 0.714. The van der Waals surface area contributed by atoms with Gasteiger partial charge in [-0.15, -0.1) is 0 Å². The van der Waals surface area contributed by atoms with Crippen molar-refractivity contribution in [1.82, 2.24) is 9.88 Å². The van der Waals surface area contributed by atoms with E-state index in [4.69, 9.17) is 5.73 Å². The van der Waals surface area contributed by atoms with Crippen LogP contribution in [-0.4, -0.2) is 29.5 Å². The standard InChI is InChI=1S/C11H21N3/c1-3-14(4-2)9-10-7-11(5-6-12)13-8-10/h7-8,13H,3-6,9,12H2,1-2H3. The van der Waals surface area contributed by atoms with Crippen LogP contribution >= 0.6 is 0 Å². The molecule has 1 aromatic heterocycles. The van der Waals surface area contributed by atoms with Crippen molar-refractivity contribution < 1.29 is 0 Å². The molecule has 3 heteroatoms. The van der Waals surface area contributed by atoms with Crippen LogP contribution in [0.15, 0.2) is 12.3 Å². The summed E-state index contributed by atoms with van der Waals surface area (Å²) in [6.45, 7) is 8.34. The minimum Gasteiger partial charge on any atom is -0.365 e. The molecule has 0 aromatic carbocycles. The van der Waals surface area contributed by atoms with E-state index >= 15 is 0 Å². The molecule has 0 bridgehead atoms. The summed E-state index contributed by atoms with van der Waals surface area (Å²) in [4.78, 5) is 5.65. The average Bonchev–Trinajstić information content (AvgIpc) is 2.63. The summed E-state index contributed by atoms with van der Waals surface area (Å²) in [7, 11) is 0. The van der Waals surface area contributed by atoms with Gasteiger partial charge in [0, 0.05) is 18.4 Å². The highest BCUT2D eigenvalue weighted by Crippen LogP contribution is 2.07. The second kappa shape index (κ2) is 5.83. The Balaban J connectivity index is 2.49. The number of rotatable bonds is 6. The van der Waals surface area contributed by atoms with Gasteiger partial charge >= 0.3 is 0 Å². The van der Waals surface area contributed by atoms with Gasteiger partial charge in [0.25, 0.3) is 0 Å². The normalized spacial score (nSPS) is 11.1. The number of hydrogen-bond donors (Lipinski definition) is 2. The van der Waals surface area contributed by atoms with E-state index in [1.54, 1.807) is 0 Å². The molecular formula is C11H21N3. The first-order valence-corrected chi connectivity index (χ1v) is 5.38. The molecule has 3 nitrogen and oxygen atoms in total. The minimum atomic E-state index is 0.714. The Bertz CT molecular complexity index is 251. The second-order valence-corrected chi connectivity index (χ2v) is 3.53. The van der Waals surface area contributed by atoms with Gasteiger partial charge in [-0.25, -0.2) is 0 Å². The Morgan fingerprint density at radius 2 is 2.07 bits per heavy atom. The maximum absolute atomic E-state index is 5.49. The number of nitrogens with two attached hydrogens (primary N) is 1. The van der Waals surface area contributed by atoms with Crippen molar-refractivity contribution in [3.63, 3.8) is 0 Å². The number of nitrogens with zero attached hydrogens (tertiary/aromatic N) is 1. The van der Waals surface area contributed by atoms with E-state index in [9.17, 15) is 0 Å². The number of nitrogens with one attached hydrogen (secondary N) is 1. The highest BCUT2D eigenvalue weighted by Gasteiger charge is 2.03. The van der Waals surface area contributed by atoms with Crippen molar-refractivity contribution in [2.24, 2.45) is 5.73 Å². The molecule has 80 valence electrons. The lowest BCUT2D eigenvalue weighted by atomic mass is 10.2. The third kappa shape index (κ3) is 3.16. The fourth-order valence-electron chi connectivity index (χ4n) is 1.59. The summed E-state index contributed by atoms with van der Waals surface area (Å²) in [5.41, 5.74) is 8.10. The Morgan fingerprint density at radius 1 is 1.36 bits per heavy atom. The molecule has 14 heavy (non-hydrogen) atoms. The number of hydrogen-bond acceptors (Lipinski definition) is 2. The van der Waals surface area contributed by atoms with Crippen molar-refractivity contribution >= 4 is 0 Å². The molecule has 0 aliphatic heterocycles. The molecular weight excluding hydrogens is 174 g/mol. The average molecular weight is 195 g/mol. The SMILES string of the molecule is CCN(CC)Cc1c[nH]c(CCN)c1. The quantitative estimate of drug-likeness (QED) is 0.720. The summed E-state index contributed by atoms with van der Waals surface area (Å²) in [6.07, 6.45) is 3.03. The Labute approximate surface area is 86.3 Å². The molecule has 0 saturated heterocycles. The zero-order valence-electron chi connectivity index (χ0n) is 9.21. The van der Waals surface area contributed by atoms with Crippen LogP contribution in [0, 0.1) is 0 Å². The maximum atomic E-state index is 5.49. The summed E-state index contributed by atoms with van der Waals surface area (Å²) >= 11 is 0. The van der Waals surface area contributed by atoms with Gasteiger partial charge in [0.15, 0.2) is 0 Å². The lowest BCUT2D eigenvalue weighted by Crippen LogP contribution is -2.21. The van der Waals surface area contributed by atoms with Gasteiger partial charge in [-0.3, -0.25) is 4.90 Å². The Kier molecular flexibility index (Phi) is 4.70. The van der Waals surface area contributed by atoms with E-state index in [0.29, 0.717) is 6.54 Å². The smallest absolute Gasteiger partial charge is 0.0248 e. The Morgan fingerprint density at radius 3 is 2.64 bits per heavy atom. The predicted molar refractivity (Wildman–Crippen MR) is 60.2 cm³/mol. The monoisotopic (exact) mass is 195 g/mol. The van der Waals surface area contributed by atoms with E-state index in [-0.39, 0.29) is 0 Å². The molecule has 0 amide bonds. The molecule has 0 fully saturated rings. The molecule has 1 rings (SSSR count). The van der Waals surface area contributed by atoms with Crippen LogP contribution in [0.2, 0.25) is 0 Å². The van der Waals surface area contributed by atoms with Gasteiger partial charge in [-0.2, -0.15) is 0 Å². The second-order valence-electron chi connectivity index (χ2n) is 3.53. The third-order valence-electron chi connectivity index (χ3n) is 2.52. The zero-order valence-corrected chi connectivity index (χ0v) is 9.21. The zero-order chi connectivity index (χ0) is 10.4. The number of H-pyrrole nitrogens is 1. The van der Waals surface area contributed by atoms with E-state index < -0.39 is 0 Å². The highest BCUT2D eigenvalue weighted by molar-refractivity contribution is 5.16. The van der Waals surface area contributed by atoms with Gasteiger partial charge in [-0.1, -0.05) is 13.8 Å². The first-order chi connectivity index (χ1) is 6.80. The largest absolute Gasteiger partial charge is 0.365 e. The van der Waals surface area contributed by atoms with Crippen LogP contribution in [0.3, 0.4) is 0 Å². The first-order valence-electron chi connectivity index (χ1n) is 5.38. The van der Waals surface area contributed by atoms with E-state index in [2.05, 4.69) is 36.0 Å². The van der Waals surface area contributed by atoms with E-state index in [0.717, 1.165) is 26.1 Å². The van der Waals surface area contributed by atoms with E-state index in [1.807, 2.05) is 0 Å². The highest BCUT2D eigenvalue weighted by atomic mass is 15.1. The van der Waals surface area contributed by atoms with Gasteiger partial charge in [0.05, 0.1) is 0 Å².